The fourth-order valence-electron chi connectivity index (χ4n) is 2.80. The fraction of sp³-hybridized carbons (Fsp3) is 0.529. The maximum Gasteiger partial charge on any atom is 0.244 e. The highest BCUT2D eigenvalue weighted by molar-refractivity contribution is 7.89. The van der Waals surface area contributed by atoms with Gasteiger partial charge in [-0.25, -0.2) is 8.42 Å². The van der Waals surface area contributed by atoms with Crippen LogP contribution < -0.4 is 5.32 Å². The summed E-state index contributed by atoms with van der Waals surface area (Å²) in [6.45, 7) is 2.73. The highest BCUT2D eigenvalue weighted by Gasteiger charge is 2.31. The second kappa shape index (κ2) is 8.27. The van der Waals surface area contributed by atoms with Gasteiger partial charge in [0.05, 0.1) is 10.5 Å². The lowest BCUT2D eigenvalue weighted by Gasteiger charge is -2.31. The van der Waals surface area contributed by atoms with Gasteiger partial charge in [-0.15, -0.1) is 0 Å². The van der Waals surface area contributed by atoms with Crippen molar-refractivity contribution in [3.05, 3.63) is 29.8 Å². The molecule has 6 nitrogen and oxygen atoms in total. The van der Waals surface area contributed by atoms with Gasteiger partial charge in [-0.1, -0.05) is 25.5 Å². The fourth-order valence-corrected chi connectivity index (χ4v) is 4.41. The lowest BCUT2D eigenvalue weighted by atomic mass is 10.1. The van der Waals surface area contributed by atoms with Crippen LogP contribution in [0, 0.1) is 11.3 Å². The number of nitriles is 1. The third-order valence-corrected chi connectivity index (χ3v) is 6.16. The third-order valence-electron chi connectivity index (χ3n) is 4.20. The SMILES string of the molecule is CCCCC(=O)NC1CCN(S(=O)(=O)c2ccccc2C#N)CC1. The largest absolute Gasteiger partial charge is 0.353 e. The van der Waals surface area contributed by atoms with Crippen LogP contribution in [0.2, 0.25) is 0 Å². The second-order valence-electron chi connectivity index (χ2n) is 5.96. The number of benzene rings is 1. The molecule has 130 valence electrons. The van der Waals surface area contributed by atoms with Crippen molar-refractivity contribution in [2.24, 2.45) is 0 Å². The summed E-state index contributed by atoms with van der Waals surface area (Å²) in [7, 11) is -3.67. The van der Waals surface area contributed by atoms with E-state index in [1.807, 2.05) is 13.0 Å². The molecule has 1 fully saturated rings. The molecule has 0 spiro atoms. The van der Waals surface area contributed by atoms with Gasteiger partial charge in [0.15, 0.2) is 0 Å². The van der Waals surface area contributed by atoms with Crippen LogP contribution in [0.5, 0.6) is 0 Å². The number of unbranched alkanes of at least 4 members (excludes halogenated alkanes) is 1. The van der Waals surface area contributed by atoms with E-state index in [9.17, 15) is 13.2 Å². The Morgan fingerprint density at radius 1 is 1.33 bits per heavy atom. The summed E-state index contributed by atoms with van der Waals surface area (Å²) < 4.78 is 26.8. The Hall–Kier alpha value is -1.91. The van der Waals surface area contributed by atoms with Crippen LogP contribution in [-0.2, 0) is 14.8 Å². The van der Waals surface area contributed by atoms with Crippen molar-refractivity contribution >= 4 is 15.9 Å². The maximum absolute atomic E-state index is 12.7. The number of nitrogens with zero attached hydrogens (tertiary/aromatic N) is 2. The molecule has 1 saturated heterocycles. The molecule has 0 atom stereocenters. The molecular weight excluding hydrogens is 326 g/mol. The topological polar surface area (TPSA) is 90.3 Å². The Labute approximate surface area is 143 Å². The van der Waals surface area contributed by atoms with E-state index >= 15 is 0 Å². The first-order chi connectivity index (χ1) is 11.5. The Balaban J connectivity index is 1.99. The van der Waals surface area contributed by atoms with Crippen LogP contribution in [0.15, 0.2) is 29.2 Å². The molecular formula is C17H23N3O3S. The molecule has 1 aromatic rings. The second-order valence-corrected chi connectivity index (χ2v) is 7.86. The molecule has 1 aromatic carbocycles. The first-order valence-corrected chi connectivity index (χ1v) is 9.71. The first-order valence-electron chi connectivity index (χ1n) is 8.27. The van der Waals surface area contributed by atoms with E-state index in [2.05, 4.69) is 5.32 Å². The molecule has 0 unspecified atom stereocenters. The van der Waals surface area contributed by atoms with E-state index in [1.54, 1.807) is 12.1 Å². The van der Waals surface area contributed by atoms with Gasteiger partial charge >= 0.3 is 0 Å². The highest BCUT2D eigenvalue weighted by atomic mass is 32.2. The van der Waals surface area contributed by atoms with E-state index in [0.29, 0.717) is 32.4 Å². The summed E-state index contributed by atoms with van der Waals surface area (Å²) in [4.78, 5) is 11.8. The van der Waals surface area contributed by atoms with Crippen LogP contribution in [0.1, 0.15) is 44.6 Å². The number of carbonyl (C=O) groups excluding carboxylic acids is 1. The molecule has 1 aliphatic rings. The Kier molecular flexibility index (Phi) is 6.35. The number of piperidine rings is 1. The zero-order valence-electron chi connectivity index (χ0n) is 13.9. The van der Waals surface area contributed by atoms with E-state index in [0.717, 1.165) is 12.8 Å². The molecule has 0 aliphatic carbocycles. The van der Waals surface area contributed by atoms with E-state index in [-0.39, 0.29) is 22.4 Å². The molecule has 24 heavy (non-hydrogen) atoms. The zero-order valence-corrected chi connectivity index (χ0v) is 14.7. The Morgan fingerprint density at radius 3 is 2.62 bits per heavy atom. The highest BCUT2D eigenvalue weighted by Crippen LogP contribution is 2.23. The maximum atomic E-state index is 12.7. The number of carbonyl (C=O) groups is 1. The number of hydrogen-bond donors (Lipinski definition) is 1. The smallest absolute Gasteiger partial charge is 0.244 e. The minimum absolute atomic E-state index is 0.0204. The lowest BCUT2D eigenvalue weighted by Crippen LogP contribution is -2.46. The number of rotatable bonds is 6. The van der Waals surface area contributed by atoms with Crippen molar-refractivity contribution < 1.29 is 13.2 Å². The van der Waals surface area contributed by atoms with Crippen molar-refractivity contribution in [3.63, 3.8) is 0 Å². The van der Waals surface area contributed by atoms with Gasteiger partial charge in [0.2, 0.25) is 15.9 Å². The first kappa shape index (κ1) is 18.4. The van der Waals surface area contributed by atoms with E-state index in [4.69, 9.17) is 5.26 Å². The Morgan fingerprint density at radius 2 is 2.00 bits per heavy atom. The van der Waals surface area contributed by atoms with Crippen LogP contribution in [0.25, 0.3) is 0 Å². The molecule has 0 saturated carbocycles. The van der Waals surface area contributed by atoms with Gasteiger partial charge in [-0.3, -0.25) is 4.79 Å². The number of nitrogens with one attached hydrogen (secondary N) is 1. The minimum atomic E-state index is -3.67. The van der Waals surface area contributed by atoms with Crippen LogP contribution >= 0.6 is 0 Å². The van der Waals surface area contributed by atoms with Crippen molar-refractivity contribution in [2.45, 2.75) is 50.0 Å². The van der Waals surface area contributed by atoms with Crippen LogP contribution in [0.3, 0.4) is 0 Å². The molecule has 1 aliphatic heterocycles. The average Bonchev–Trinajstić information content (AvgIpc) is 2.60. The lowest BCUT2D eigenvalue weighted by molar-refractivity contribution is -0.122. The summed E-state index contributed by atoms with van der Waals surface area (Å²) >= 11 is 0. The summed E-state index contributed by atoms with van der Waals surface area (Å²) in [5.41, 5.74) is 0.160. The third kappa shape index (κ3) is 4.34. The molecule has 0 bridgehead atoms. The summed E-state index contributed by atoms with van der Waals surface area (Å²) in [5, 5.41) is 12.1. The van der Waals surface area contributed by atoms with Crippen molar-refractivity contribution in [2.75, 3.05) is 13.1 Å². The summed E-state index contributed by atoms with van der Waals surface area (Å²) in [6.07, 6.45) is 3.54. The van der Waals surface area contributed by atoms with Gasteiger partial charge in [0, 0.05) is 25.6 Å². The van der Waals surface area contributed by atoms with Gasteiger partial charge in [0.1, 0.15) is 6.07 Å². The average molecular weight is 349 g/mol. The van der Waals surface area contributed by atoms with Crippen LogP contribution in [0.4, 0.5) is 0 Å². The monoisotopic (exact) mass is 349 g/mol. The van der Waals surface area contributed by atoms with Gasteiger partial charge in [0.25, 0.3) is 0 Å². The van der Waals surface area contributed by atoms with Gasteiger partial charge in [-0.05, 0) is 31.4 Å². The molecule has 1 heterocycles. The van der Waals surface area contributed by atoms with Crippen LogP contribution in [-0.4, -0.2) is 37.8 Å². The van der Waals surface area contributed by atoms with Gasteiger partial charge < -0.3 is 5.32 Å². The molecule has 1 N–H and O–H groups in total. The molecule has 0 radical (unpaired) electrons. The standard InChI is InChI=1S/C17H23N3O3S/c1-2-3-8-17(21)19-15-9-11-20(12-10-15)24(22,23)16-7-5-4-6-14(16)13-18/h4-7,15H,2-3,8-12H2,1H3,(H,19,21). The normalized spacial score (nSPS) is 16.5. The van der Waals surface area contributed by atoms with E-state index < -0.39 is 10.0 Å². The van der Waals surface area contributed by atoms with Gasteiger partial charge in [-0.2, -0.15) is 9.57 Å². The molecule has 7 heteroatoms. The van der Waals surface area contributed by atoms with Crippen molar-refractivity contribution in [1.29, 1.82) is 5.26 Å². The number of sulfonamides is 1. The summed E-state index contributed by atoms with van der Waals surface area (Å²) in [6, 6.07) is 8.19. The molecule has 0 aromatic heterocycles. The minimum Gasteiger partial charge on any atom is -0.353 e. The van der Waals surface area contributed by atoms with E-state index in [1.165, 1.54) is 16.4 Å². The summed E-state index contributed by atoms with van der Waals surface area (Å²) in [5.74, 6) is 0.0352. The van der Waals surface area contributed by atoms with Crippen molar-refractivity contribution in [1.82, 2.24) is 9.62 Å². The Bertz CT molecular complexity index is 717. The quantitative estimate of drug-likeness (QED) is 0.851. The predicted octanol–water partition coefficient (Wildman–Crippen LogP) is 2.02. The molecule has 1 amide bonds. The van der Waals surface area contributed by atoms with Crippen molar-refractivity contribution in [3.8, 4) is 6.07 Å². The zero-order chi connectivity index (χ0) is 17.6. The number of amides is 1. The predicted molar refractivity (Wildman–Crippen MR) is 90.6 cm³/mol. The number of hydrogen-bond acceptors (Lipinski definition) is 4. The molecule has 2 rings (SSSR count).